The number of carbonyl (C=O) groups excluding carboxylic acids is 1. The van der Waals surface area contributed by atoms with Crippen LogP contribution in [0.25, 0.3) is 0 Å². The van der Waals surface area contributed by atoms with Gasteiger partial charge >= 0.3 is 5.97 Å². The summed E-state index contributed by atoms with van der Waals surface area (Å²) in [5, 5.41) is 8.13. The second-order valence-corrected chi connectivity index (χ2v) is 3.89. The number of carboxylic acid groups (broad SMARTS) is 1. The Morgan fingerprint density at radius 3 is 2.40 bits per heavy atom. The molecule has 0 amide bonds. The predicted octanol–water partition coefficient (Wildman–Crippen LogP) is 1.72. The number of carbonyl (C=O) groups is 2. The first-order chi connectivity index (χ1) is 6.99. The summed E-state index contributed by atoms with van der Waals surface area (Å²) in [6.07, 6.45) is 1.99. The number of aliphatic carboxylic acids is 1. The minimum absolute atomic E-state index is 0.0399. The zero-order valence-electron chi connectivity index (χ0n) is 9.20. The highest BCUT2D eigenvalue weighted by atomic mass is 35.5. The Kier molecular flexibility index (Phi) is 7.34. The topological polar surface area (TPSA) is 57.6 Å². The Bertz CT molecular complexity index is 221. The fourth-order valence-corrected chi connectivity index (χ4v) is 1.38. The minimum atomic E-state index is -0.856. The van der Waals surface area contributed by atoms with E-state index in [1.807, 2.05) is 11.8 Å². The van der Waals surface area contributed by atoms with Gasteiger partial charge in [-0.3, -0.25) is 14.5 Å². The summed E-state index contributed by atoms with van der Waals surface area (Å²) >= 11 is 5.39. The molecule has 88 valence electrons. The first-order valence-corrected chi connectivity index (χ1v) is 5.52. The quantitative estimate of drug-likeness (QED) is 0.651. The van der Waals surface area contributed by atoms with E-state index in [0.717, 1.165) is 12.8 Å². The van der Waals surface area contributed by atoms with Crippen LogP contribution in [0.2, 0.25) is 0 Å². The van der Waals surface area contributed by atoms with Crippen LogP contribution in [0, 0.1) is 0 Å². The number of hydrogen-bond donors (Lipinski definition) is 1. The van der Waals surface area contributed by atoms with E-state index in [4.69, 9.17) is 16.7 Å². The molecule has 5 heteroatoms. The number of halogens is 1. The van der Waals surface area contributed by atoms with Crippen molar-refractivity contribution in [2.75, 3.05) is 13.1 Å². The van der Waals surface area contributed by atoms with Crippen molar-refractivity contribution < 1.29 is 14.7 Å². The molecule has 0 aromatic carbocycles. The van der Waals surface area contributed by atoms with Crippen molar-refractivity contribution >= 4 is 22.8 Å². The van der Waals surface area contributed by atoms with Crippen LogP contribution in [0.3, 0.4) is 0 Å². The molecule has 15 heavy (non-hydrogen) atoms. The molecule has 0 unspecified atom stereocenters. The largest absolute Gasteiger partial charge is 0.481 e. The molecular formula is C10H18ClNO3. The summed E-state index contributed by atoms with van der Waals surface area (Å²) in [5.41, 5.74) is 0. The maximum Gasteiger partial charge on any atom is 0.304 e. The molecule has 0 bridgehead atoms. The van der Waals surface area contributed by atoms with Crippen LogP contribution >= 0.6 is 11.6 Å². The molecule has 0 saturated carbocycles. The van der Waals surface area contributed by atoms with E-state index in [1.54, 1.807) is 6.92 Å². The van der Waals surface area contributed by atoms with Gasteiger partial charge in [-0.05, 0) is 31.5 Å². The fraction of sp³-hybridized carbons (Fsp3) is 0.800. The van der Waals surface area contributed by atoms with Crippen molar-refractivity contribution in [3.8, 4) is 0 Å². The SMILES string of the molecule is CCCCN(CCC(=O)O)[C@@H](C)C(=O)Cl. The van der Waals surface area contributed by atoms with Gasteiger partial charge in [-0.25, -0.2) is 0 Å². The van der Waals surface area contributed by atoms with Crippen molar-refractivity contribution in [3.63, 3.8) is 0 Å². The van der Waals surface area contributed by atoms with E-state index in [9.17, 15) is 9.59 Å². The lowest BCUT2D eigenvalue weighted by atomic mass is 10.2. The monoisotopic (exact) mass is 235 g/mol. The lowest BCUT2D eigenvalue weighted by Crippen LogP contribution is -2.39. The molecular weight excluding hydrogens is 218 g/mol. The van der Waals surface area contributed by atoms with Crippen LogP contribution in [0.1, 0.15) is 33.1 Å². The third-order valence-corrected chi connectivity index (χ3v) is 2.60. The standard InChI is InChI=1S/C10H18ClNO3/c1-3-4-6-12(7-5-9(13)14)8(2)10(11)15/h8H,3-7H2,1-2H3,(H,13,14)/t8-/m0/s1. The summed E-state index contributed by atoms with van der Waals surface area (Å²) in [6.45, 7) is 4.83. The molecule has 1 atom stereocenters. The van der Waals surface area contributed by atoms with Crippen LogP contribution in [0.5, 0.6) is 0 Å². The smallest absolute Gasteiger partial charge is 0.304 e. The summed E-state index contributed by atoms with van der Waals surface area (Å²) in [4.78, 5) is 23.2. The van der Waals surface area contributed by atoms with E-state index in [2.05, 4.69) is 0 Å². The van der Waals surface area contributed by atoms with Crippen LogP contribution in [0.15, 0.2) is 0 Å². The summed E-state index contributed by atoms with van der Waals surface area (Å²) in [6, 6.07) is -0.405. The van der Waals surface area contributed by atoms with E-state index < -0.39 is 17.3 Å². The predicted molar refractivity (Wildman–Crippen MR) is 59.1 cm³/mol. The molecule has 4 nitrogen and oxygen atoms in total. The molecule has 0 fully saturated rings. The molecule has 0 spiro atoms. The van der Waals surface area contributed by atoms with Crippen LogP contribution in [-0.2, 0) is 9.59 Å². The molecule has 0 rings (SSSR count). The highest BCUT2D eigenvalue weighted by Gasteiger charge is 2.19. The summed E-state index contributed by atoms with van der Waals surface area (Å²) in [5.74, 6) is -0.856. The van der Waals surface area contributed by atoms with Gasteiger partial charge < -0.3 is 5.11 Å². The van der Waals surface area contributed by atoms with Gasteiger partial charge in [0.25, 0.3) is 0 Å². The van der Waals surface area contributed by atoms with Gasteiger partial charge in [-0.15, -0.1) is 0 Å². The van der Waals surface area contributed by atoms with Crippen molar-refractivity contribution in [1.82, 2.24) is 4.90 Å². The normalized spacial score (nSPS) is 12.8. The molecule has 0 aromatic heterocycles. The third kappa shape index (κ3) is 6.47. The van der Waals surface area contributed by atoms with Crippen LogP contribution in [-0.4, -0.2) is 40.3 Å². The Balaban J connectivity index is 4.16. The van der Waals surface area contributed by atoms with Gasteiger partial charge in [0, 0.05) is 6.54 Å². The van der Waals surface area contributed by atoms with E-state index in [-0.39, 0.29) is 6.42 Å². The lowest BCUT2D eigenvalue weighted by Gasteiger charge is -2.25. The Hall–Kier alpha value is -0.610. The first-order valence-electron chi connectivity index (χ1n) is 5.14. The average molecular weight is 236 g/mol. The van der Waals surface area contributed by atoms with E-state index >= 15 is 0 Å². The highest BCUT2D eigenvalue weighted by molar-refractivity contribution is 6.64. The Morgan fingerprint density at radius 2 is 2.00 bits per heavy atom. The van der Waals surface area contributed by atoms with Gasteiger partial charge in [0.15, 0.2) is 0 Å². The van der Waals surface area contributed by atoms with Gasteiger partial charge in [0.05, 0.1) is 12.5 Å². The molecule has 1 N–H and O–H groups in total. The Morgan fingerprint density at radius 1 is 1.40 bits per heavy atom. The lowest BCUT2D eigenvalue weighted by molar-refractivity contribution is -0.137. The molecule has 0 aliphatic heterocycles. The number of unbranched alkanes of at least 4 members (excludes halogenated alkanes) is 1. The number of hydrogen-bond acceptors (Lipinski definition) is 3. The second-order valence-electron chi connectivity index (χ2n) is 3.51. The van der Waals surface area contributed by atoms with Crippen LogP contribution < -0.4 is 0 Å². The van der Waals surface area contributed by atoms with Gasteiger partial charge in [0.1, 0.15) is 0 Å². The van der Waals surface area contributed by atoms with E-state index in [1.165, 1.54) is 0 Å². The third-order valence-electron chi connectivity index (χ3n) is 2.29. The average Bonchev–Trinajstić information content (AvgIpc) is 2.16. The van der Waals surface area contributed by atoms with Gasteiger partial charge in [-0.1, -0.05) is 13.3 Å². The van der Waals surface area contributed by atoms with Crippen molar-refractivity contribution in [2.45, 2.75) is 39.2 Å². The highest BCUT2D eigenvalue weighted by Crippen LogP contribution is 2.06. The number of rotatable bonds is 8. The van der Waals surface area contributed by atoms with Crippen molar-refractivity contribution in [2.24, 2.45) is 0 Å². The number of nitrogens with zero attached hydrogens (tertiary/aromatic N) is 1. The molecule has 0 radical (unpaired) electrons. The van der Waals surface area contributed by atoms with Crippen molar-refractivity contribution in [3.05, 3.63) is 0 Å². The second kappa shape index (κ2) is 7.65. The first kappa shape index (κ1) is 14.4. The Labute approximate surface area is 95.2 Å². The number of carboxylic acids is 1. The van der Waals surface area contributed by atoms with E-state index in [0.29, 0.717) is 13.1 Å². The fourth-order valence-electron chi connectivity index (χ4n) is 1.24. The molecule has 0 aliphatic carbocycles. The minimum Gasteiger partial charge on any atom is -0.481 e. The zero-order valence-corrected chi connectivity index (χ0v) is 9.96. The molecule has 0 aromatic rings. The molecule has 0 saturated heterocycles. The molecule has 0 aliphatic rings. The van der Waals surface area contributed by atoms with Crippen LogP contribution in [0.4, 0.5) is 0 Å². The molecule has 0 heterocycles. The summed E-state index contributed by atoms with van der Waals surface area (Å²) < 4.78 is 0. The summed E-state index contributed by atoms with van der Waals surface area (Å²) in [7, 11) is 0. The van der Waals surface area contributed by atoms with Gasteiger partial charge in [0.2, 0.25) is 5.24 Å². The maximum atomic E-state index is 11.0. The maximum absolute atomic E-state index is 11.0. The zero-order chi connectivity index (χ0) is 11.8. The van der Waals surface area contributed by atoms with Gasteiger partial charge in [-0.2, -0.15) is 0 Å². The van der Waals surface area contributed by atoms with Crippen molar-refractivity contribution in [1.29, 1.82) is 0 Å².